The standard InChI is InChI=1S/C32H37N3O3S/c1-34-29(36)10-9-27(31(34)38)35-18-26-25(30(35)37)3-2-4-28(26)39-19-21-7-5-20(6-8-21)17-33-32-14-22-11-23(15-32)13-24(12-22)16-32/h2-8,22-24,27,33H,9-19H2,1H3. The predicted octanol–water partition coefficient (Wildman–Crippen LogP) is 5.14. The third-order valence-corrected chi connectivity index (χ3v) is 11.2. The first-order valence-electron chi connectivity index (χ1n) is 14.6. The van der Waals surface area contributed by atoms with Crippen LogP contribution in [0.25, 0.3) is 0 Å². The fourth-order valence-electron chi connectivity index (χ4n) is 8.43. The molecule has 1 unspecified atom stereocenters. The molecule has 8 rings (SSSR count). The molecule has 0 spiro atoms. The molecular formula is C32H37N3O3S. The van der Waals surface area contributed by atoms with Crippen molar-refractivity contribution < 1.29 is 14.4 Å². The van der Waals surface area contributed by atoms with Crippen LogP contribution in [0.5, 0.6) is 0 Å². The number of piperidine rings is 1. The summed E-state index contributed by atoms with van der Waals surface area (Å²) in [5, 5.41) is 4.01. The van der Waals surface area contributed by atoms with E-state index >= 15 is 0 Å². The number of thioether (sulfide) groups is 1. The molecular weight excluding hydrogens is 506 g/mol. The van der Waals surface area contributed by atoms with E-state index in [2.05, 4.69) is 35.6 Å². The Labute approximate surface area is 234 Å². The summed E-state index contributed by atoms with van der Waals surface area (Å²) in [6, 6.07) is 14.3. The van der Waals surface area contributed by atoms with Gasteiger partial charge in [-0.05, 0) is 91.5 Å². The molecule has 1 saturated heterocycles. The minimum atomic E-state index is -0.565. The second-order valence-electron chi connectivity index (χ2n) is 12.7. The summed E-state index contributed by atoms with van der Waals surface area (Å²) in [6.07, 6.45) is 9.23. The molecule has 7 heteroatoms. The van der Waals surface area contributed by atoms with E-state index in [0.717, 1.165) is 40.5 Å². The number of fused-ring (bicyclic) bond motifs is 1. The number of nitrogens with one attached hydrogen (secondary N) is 1. The Morgan fingerprint density at radius 1 is 0.923 bits per heavy atom. The zero-order valence-electron chi connectivity index (χ0n) is 22.7. The van der Waals surface area contributed by atoms with E-state index in [9.17, 15) is 14.4 Å². The number of hydrogen-bond acceptors (Lipinski definition) is 5. The number of carbonyl (C=O) groups is 3. The van der Waals surface area contributed by atoms with Crippen molar-refractivity contribution in [2.75, 3.05) is 7.05 Å². The average molecular weight is 544 g/mol. The van der Waals surface area contributed by atoms with Crippen LogP contribution < -0.4 is 5.32 Å². The number of benzene rings is 2. The summed E-state index contributed by atoms with van der Waals surface area (Å²) in [5.74, 6) is 3.14. The van der Waals surface area contributed by atoms with Gasteiger partial charge in [0.1, 0.15) is 6.04 Å². The van der Waals surface area contributed by atoms with E-state index < -0.39 is 6.04 Å². The van der Waals surface area contributed by atoms with E-state index in [-0.39, 0.29) is 17.7 Å². The highest BCUT2D eigenvalue weighted by atomic mass is 32.2. The van der Waals surface area contributed by atoms with Gasteiger partial charge in [0.25, 0.3) is 11.8 Å². The first kappa shape index (κ1) is 25.3. The quantitative estimate of drug-likeness (QED) is 0.387. The maximum atomic E-state index is 13.2. The minimum absolute atomic E-state index is 0.107. The normalized spacial score (nSPS) is 31.4. The third kappa shape index (κ3) is 4.61. The molecule has 5 fully saturated rings. The van der Waals surface area contributed by atoms with Crippen LogP contribution in [0.3, 0.4) is 0 Å². The smallest absolute Gasteiger partial charge is 0.255 e. The molecule has 0 radical (unpaired) electrons. The molecule has 6 nitrogen and oxygen atoms in total. The molecule has 2 heterocycles. The van der Waals surface area contributed by atoms with Gasteiger partial charge in [-0.15, -0.1) is 11.8 Å². The molecule has 1 N–H and O–H groups in total. The Kier molecular flexibility index (Phi) is 6.35. The molecule has 2 aromatic rings. The lowest BCUT2D eigenvalue weighted by Crippen LogP contribution is -2.58. The Morgan fingerprint density at radius 2 is 1.59 bits per heavy atom. The summed E-state index contributed by atoms with van der Waals surface area (Å²) < 4.78 is 0. The summed E-state index contributed by atoms with van der Waals surface area (Å²) in [4.78, 5) is 41.8. The molecule has 4 aliphatic carbocycles. The first-order chi connectivity index (χ1) is 18.9. The van der Waals surface area contributed by atoms with Gasteiger partial charge in [0.15, 0.2) is 0 Å². The molecule has 4 bridgehead atoms. The molecule has 6 aliphatic rings. The van der Waals surface area contributed by atoms with Crippen LogP contribution in [0, 0.1) is 17.8 Å². The van der Waals surface area contributed by atoms with Gasteiger partial charge < -0.3 is 10.2 Å². The van der Waals surface area contributed by atoms with Crippen LogP contribution >= 0.6 is 11.8 Å². The van der Waals surface area contributed by atoms with E-state index in [1.807, 2.05) is 12.1 Å². The highest BCUT2D eigenvalue weighted by molar-refractivity contribution is 7.98. The van der Waals surface area contributed by atoms with Gasteiger partial charge >= 0.3 is 0 Å². The molecule has 204 valence electrons. The first-order valence-corrected chi connectivity index (χ1v) is 15.5. The summed E-state index contributed by atoms with van der Waals surface area (Å²) >= 11 is 1.75. The van der Waals surface area contributed by atoms with E-state index in [1.165, 1.54) is 61.6 Å². The Bertz CT molecular complexity index is 1290. The number of imide groups is 1. The zero-order chi connectivity index (χ0) is 26.7. The largest absolute Gasteiger partial charge is 0.322 e. The van der Waals surface area contributed by atoms with Crippen LogP contribution in [-0.4, -0.2) is 46.1 Å². The average Bonchev–Trinajstić information content (AvgIpc) is 3.26. The fraction of sp³-hybridized carbons (Fsp3) is 0.531. The number of amides is 3. The van der Waals surface area contributed by atoms with Crippen molar-refractivity contribution in [1.29, 1.82) is 0 Å². The number of rotatable bonds is 7. The van der Waals surface area contributed by atoms with Crippen LogP contribution in [0.15, 0.2) is 47.4 Å². The number of likely N-dealkylation sites (tertiary alicyclic amines) is 1. The lowest BCUT2D eigenvalue weighted by Gasteiger charge is -2.57. The van der Waals surface area contributed by atoms with Gasteiger partial charge in [0.05, 0.1) is 0 Å². The Balaban J connectivity index is 0.977. The Hall–Kier alpha value is -2.64. The number of likely N-dealkylation sites (N-methyl/N-ethyl adjacent to an activating group) is 1. The summed E-state index contributed by atoms with van der Waals surface area (Å²) in [7, 11) is 1.51. The van der Waals surface area contributed by atoms with Gasteiger partial charge in [-0.2, -0.15) is 0 Å². The zero-order valence-corrected chi connectivity index (χ0v) is 23.5. The molecule has 1 atom stereocenters. The van der Waals surface area contributed by atoms with Crippen LogP contribution in [-0.2, 0) is 28.4 Å². The number of carbonyl (C=O) groups excluding carboxylic acids is 3. The summed E-state index contributed by atoms with van der Waals surface area (Å²) in [6.45, 7) is 1.37. The van der Waals surface area contributed by atoms with E-state index in [4.69, 9.17) is 0 Å². The lowest BCUT2D eigenvalue weighted by atomic mass is 9.53. The van der Waals surface area contributed by atoms with Crippen molar-refractivity contribution in [3.8, 4) is 0 Å². The number of hydrogen-bond donors (Lipinski definition) is 1. The summed E-state index contributed by atoms with van der Waals surface area (Å²) in [5.41, 5.74) is 4.67. The van der Waals surface area contributed by atoms with Crippen molar-refractivity contribution in [3.05, 3.63) is 64.7 Å². The monoisotopic (exact) mass is 543 g/mol. The molecule has 3 amide bonds. The van der Waals surface area contributed by atoms with Crippen molar-refractivity contribution in [2.45, 2.75) is 86.7 Å². The van der Waals surface area contributed by atoms with Crippen LogP contribution in [0.4, 0.5) is 0 Å². The van der Waals surface area contributed by atoms with Crippen molar-refractivity contribution >= 4 is 29.5 Å². The molecule has 2 aliphatic heterocycles. The SMILES string of the molecule is CN1C(=O)CCC(N2Cc3c(SCc4ccc(CNC56CC7CC(CC(C7)C5)C6)cc4)cccc3C2=O)C1=O. The van der Waals surface area contributed by atoms with Gasteiger partial charge in [-0.3, -0.25) is 19.3 Å². The van der Waals surface area contributed by atoms with Crippen molar-refractivity contribution in [1.82, 2.24) is 15.1 Å². The second-order valence-corrected chi connectivity index (χ2v) is 13.7. The second kappa shape index (κ2) is 9.77. The molecule has 39 heavy (non-hydrogen) atoms. The molecule has 4 saturated carbocycles. The van der Waals surface area contributed by atoms with Crippen LogP contribution in [0.1, 0.15) is 78.4 Å². The minimum Gasteiger partial charge on any atom is -0.322 e. The van der Waals surface area contributed by atoms with Crippen molar-refractivity contribution in [3.63, 3.8) is 0 Å². The Morgan fingerprint density at radius 3 is 2.28 bits per heavy atom. The topological polar surface area (TPSA) is 69.7 Å². The van der Waals surface area contributed by atoms with Gasteiger partial charge in [-0.1, -0.05) is 30.3 Å². The van der Waals surface area contributed by atoms with Gasteiger partial charge in [0.2, 0.25) is 5.91 Å². The fourth-order valence-corrected chi connectivity index (χ4v) is 9.47. The van der Waals surface area contributed by atoms with Gasteiger partial charge in [-0.25, -0.2) is 0 Å². The van der Waals surface area contributed by atoms with E-state index in [1.54, 1.807) is 16.7 Å². The van der Waals surface area contributed by atoms with Crippen LogP contribution in [0.2, 0.25) is 0 Å². The van der Waals surface area contributed by atoms with Crippen molar-refractivity contribution in [2.24, 2.45) is 17.8 Å². The maximum absolute atomic E-state index is 13.2. The predicted molar refractivity (Wildman–Crippen MR) is 151 cm³/mol. The molecule has 2 aromatic carbocycles. The molecule has 0 aromatic heterocycles. The highest BCUT2D eigenvalue weighted by Gasteiger charge is 2.50. The lowest BCUT2D eigenvalue weighted by molar-refractivity contribution is -0.150. The van der Waals surface area contributed by atoms with E-state index in [0.29, 0.717) is 30.5 Å². The van der Waals surface area contributed by atoms with Gasteiger partial charge in [0, 0.05) is 48.3 Å². The number of nitrogens with zero attached hydrogens (tertiary/aromatic N) is 2. The highest BCUT2D eigenvalue weighted by Crippen LogP contribution is 2.55. The maximum Gasteiger partial charge on any atom is 0.255 e. The third-order valence-electron chi connectivity index (χ3n) is 10.1.